The number of aromatic nitrogens is 1. The summed E-state index contributed by atoms with van der Waals surface area (Å²) in [6.45, 7) is 1.83. The molecule has 1 aromatic heterocycles. The van der Waals surface area contributed by atoms with Gasteiger partial charge in [0.05, 0.1) is 5.69 Å². The average molecular weight is 293 g/mol. The van der Waals surface area contributed by atoms with Crippen LogP contribution < -0.4 is 4.74 Å². The fraction of sp³-hybridized carbons (Fsp3) is 0.133. The summed E-state index contributed by atoms with van der Waals surface area (Å²) in [5.41, 5.74) is 3.09. The van der Waals surface area contributed by atoms with Crippen LogP contribution in [-0.2, 0) is 0 Å². The zero-order valence-electron chi connectivity index (χ0n) is 10.9. The van der Waals surface area contributed by atoms with E-state index >= 15 is 0 Å². The van der Waals surface area contributed by atoms with Crippen LogP contribution in [0.4, 0.5) is 13.2 Å². The Hall–Kier alpha value is -2.50. The lowest BCUT2D eigenvalue weighted by Gasteiger charge is -2.09. The van der Waals surface area contributed by atoms with Gasteiger partial charge in [-0.3, -0.25) is 0 Å². The van der Waals surface area contributed by atoms with Crippen molar-refractivity contribution in [3.05, 3.63) is 48.2 Å². The molecule has 0 saturated carbocycles. The summed E-state index contributed by atoms with van der Waals surface area (Å²) in [6, 6.07) is 11.2. The van der Waals surface area contributed by atoms with Crippen molar-refractivity contribution < 1.29 is 22.4 Å². The number of halogens is 3. The summed E-state index contributed by atoms with van der Waals surface area (Å²) in [7, 11) is 0. The molecule has 0 saturated heterocycles. The van der Waals surface area contributed by atoms with Crippen LogP contribution in [0.3, 0.4) is 0 Å². The number of aryl methyl sites for hydroxylation is 1. The Balaban J connectivity index is 1.93. The quantitative estimate of drug-likeness (QED) is 0.687. The zero-order valence-corrected chi connectivity index (χ0v) is 10.9. The van der Waals surface area contributed by atoms with Gasteiger partial charge in [-0.1, -0.05) is 23.4 Å². The molecule has 0 spiro atoms. The number of alkyl halides is 3. The first-order valence-electron chi connectivity index (χ1n) is 6.14. The maximum atomic E-state index is 12.1. The number of benzene rings is 2. The van der Waals surface area contributed by atoms with E-state index in [1.54, 1.807) is 18.2 Å². The van der Waals surface area contributed by atoms with Gasteiger partial charge in [-0.25, -0.2) is 0 Å². The number of fused-ring (bicyclic) bond motifs is 1. The molecular formula is C15H10F3NO2. The molecule has 3 aromatic rings. The van der Waals surface area contributed by atoms with Gasteiger partial charge in [0.25, 0.3) is 0 Å². The first-order valence-corrected chi connectivity index (χ1v) is 6.14. The van der Waals surface area contributed by atoms with Crippen molar-refractivity contribution in [2.45, 2.75) is 13.3 Å². The number of hydrogen-bond acceptors (Lipinski definition) is 3. The highest BCUT2D eigenvalue weighted by atomic mass is 19.4. The van der Waals surface area contributed by atoms with E-state index in [0.717, 1.165) is 22.2 Å². The highest BCUT2D eigenvalue weighted by molar-refractivity contribution is 5.85. The minimum atomic E-state index is -4.68. The molecule has 21 heavy (non-hydrogen) atoms. The van der Waals surface area contributed by atoms with Gasteiger partial charge in [-0.15, -0.1) is 13.2 Å². The van der Waals surface area contributed by atoms with Crippen molar-refractivity contribution in [2.75, 3.05) is 0 Å². The Morgan fingerprint density at radius 3 is 2.33 bits per heavy atom. The summed E-state index contributed by atoms with van der Waals surface area (Å²) >= 11 is 0. The first-order chi connectivity index (χ1) is 9.92. The molecule has 1 heterocycles. The van der Waals surface area contributed by atoms with E-state index < -0.39 is 6.36 Å². The standard InChI is InChI=1S/C15H10F3NO2/c1-9-13-8-11(4-7-14(13)21-19-9)10-2-5-12(6-3-10)20-15(16,17)18/h2-8H,1H3. The largest absolute Gasteiger partial charge is 0.573 e. The number of nitrogens with zero attached hydrogens (tertiary/aromatic N) is 1. The zero-order chi connectivity index (χ0) is 15.0. The van der Waals surface area contributed by atoms with E-state index in [2.05, 4.69) is 9.89 Å². The van der Waals surface area contributed by atoms with Crippen LogP contribution in [0.15, 0.2) is 47.0 Å². The lowest BCUT2D eigenvalue weighted by atomic mass is 10.0. The molecule has 0 aliphatic carbocycles. The Kier molecular flexibility index (Phi) is 3.08. The lowest BCUT2D eigenvalue weighted by molar-refractivity contribution is -0.274. The van der Waals surface area contributed by atoms with Crippen LogP contribution in [0.2, 0.25) is 0 Å². The molecule has 0 N–H and O–H groups in total. The Morgan fingerprint density at radius 2 is 1.67 bits per heavy atom. The van der Waals surface area contributed by atoms with Gasteiger partial charge in [0.15, 0.2) is 5.58 Å². The predicted octanol–water partition coefficient (Wildman–Crippen LogP) is 4.70. The van der Waals surface area contributed by atoms with Crippen molar-refractivity contribution in [3.63, 3.8) is 0 Å². The molecule has 6 heteroatoms. The van der Waals surface area contributed by atoms with Gasteiger partial charge in [0.2, 0.25) is 0 Å². The highest BCUT2D eigenvalue weighted by Gasteiger charge is 2.30. The van der Waals surface area contributed by atoms with Gasteiger partial charge < -0.3 is 9.26 Å². The number of ether oxygens (including phenoxy) is 1. The summed E-state index contributed by atoms with van der Waals surface area (Å²) in [5, 5.41) is 4.74. The van der Waals surface area contributed by atoms with Crippen molar-refractivity contribution in [3.8, 4) is 16.9 Å². The van der Waals surface area contributed by atoms with E-state index in [4.69, 9.17) is 4.52 Å². The smallest absolute Gasteiger partial charge is 0.406 e. The van der Waals surface area contributed by atoms with Gasteiger partial charge >= 0.3 is 6.36 Å². The van der Waals surface area contributed by atoms with Gasteiger partial charge in [0, 0.05) is 5.39 Å². The SMILES string of the molecule is Cc1noc2ccc(-c3ccc(OC(F)(F)F)cc3)cc12. The third-order valence-corrected chi connectivity index (χ3v) is 3.07. The Labute approximate surface area is 117 Å². The number of hydrogen-bond donors (Lipinski definition) is 0. The molecule has 0 atom stereocenters. The van der Waals surface area contributed by atoms with Gasteiger partial charge in [-0.05, 0) is 42.3 Å². The van der Waals surface area contributed by atoms with E-state index in [-0.39, 0.29) is 5.75 Å². The first kappa shape index (κ1) is 13.5. The van der Waals surface area contributed by atoms with Crippen LogP contribution in [0, 0.1) is 6.92 Å². The van der Waals surface area contributed by atoms with Crippen molar-refractivity contribution in [1.29, 1.82) is 0 Å². The molecule has 3 rings (SSSR count). The van der Waals surface area contributed by atoms with Crippen LogP contribution in [0.1, 0.15) is 5.69 Å². The number of rotatable bonds is 2. The molecule has 2 aromatic carbocycles. The Morgan fingerprint density at radius 1 is 1.00 bits per heavy atom. The molecule has 0 aliphatic rings. The van der Waals surface area contributed by atoms with Gasteiger partial charge in [-0.2, -0.15) is 0 Å². The van der Waals surface area contributed by atoms with E-state index in [1.807, 2.05) is 19.1 Å². The normalized spacial score (nSPS) is 11.8. The van der Waals surface area contributed by atoms with E-state index in [1.165, 1.54) is 12.1 Å². The van der Waals surface area contributed by atoms with Gasteiger partial charge in [0.1, 0.15) is 5.75 Å². The summed E-state index contributed by atoms with van der Waals surface area (Å²) in [6.07, 6.45) is -4.68. The third-order valence-electron chi connectivity index (χ3n) is 3.07. The second-order valence-electron chi connectivity index (χ2n) is 4.55. The molecule has 0 fully saturated rings. The average Bonchev–Trinajstić information content (AvgIpc) is 2.79. The summed E-state index contributed by atoms with van der Waals surface area (Å²) in [5.74, 6) is -0.242. The van der Waals surface area contributed by atoms with Crippen molar-refractivity contribution >= 4 is 11.0 Å². The fourth-order valence-corrected chi connectivity index (χ4v) is 2.09. The molecule has 0 unspecified atom stereocenters. The maximum absolute atomic E-state index is 12.1. The van der Waals surface area contributed by atoms with Crippen molar-refractivity contribution in [2.24, 2.45) is 0 Å². The molecule has 0 bridgehead atoms. The molecule has 0 radical (unpaired) electrons. The third kappa shape index (κ3) is 2.84. The summed E-state index contributed by atoms with van der Waals surface area (Å²) in [4.78, 5) is 0. The van der Waals surface area contributed by atoms with Crippen LogP contribution in [0.25, 0.3) is 22.1 Å². The molecule has 3 nitrogen and oxygen atoms in total. The Bertz CT molecular complexity index is 776. The van der Waals surface area contributed by atoms with Crippen LogP contribution in [0.5, 0.6) is 5.75 Å². The molecular weight excluding hydrogens is 283 g/mol. The predicted molar refractivity (Wildman–Crippen MR) is 70.9 cm³/mol. The molecule has 108 valence electrons. The minimum Gasteiger partial charge on any atom is -0.406 e. The summed E-state index contributed by atoms with van der Waals surface area (Å²) < 4.78 is 45.3. The topological polar surface area (TPSA) is 35.3 Å². The van der Waals surface area contributed by atoms with Crippen molar-refractivity contribution in [1.82, 2.24) is 5.16 Å². The second kappa shape index (κ2) is 4.80. The van der Waals surface area contributed by atoms with Crippen LogP contribution >= 0.6 is 0 Å². The van der Waals surface area contributed by atoms with Crippen LogP contribution in [-0.4, -0.2) is 11.5 Å². The minimum absolute atomic E-state index is 0.242. The molecule has 0 aliphatic heterocycles. The van der Waals surface area contributed by atoms with E-state index in [0.29, 0.717) is 5.58 Å². The monoisotopic (exact) mass is 293 g/mol. The van der Waals surface area contributed by atoms with E-state index in [9.17, 15) is 13.2 Å². The second-order valence-corrected chi connectivity index (χ2v) is 4.55. The lowest BCUT2D eigenvalue weighted by Crippen LogP contribution is -2.16. The molecule has 0 amide bonds. The highest BCUT2D eigenvalue weighted by Crippen LogP contribution is 2.29. The maximum Gasteiger partial charge on any atom is 0.573 e. The fourth-order valence-electron chi connectivity index (χ4n) is 2.09.